The van der Waals surface area contributed by atoms with Crippen molar-refractivity contribution >= 4 is 12.1 Å². The lowest BCUT2D eigenvalue weighted by Crippen LogP contribution is -2.37. The van der Waals surface area contributed by atoms with Crippen LogP contribution in [0.2, 0.25) is 0 Å². The molecule has 1 atom stereocenters. The van der Waals surface area contributed by atoms with E-state index in [1.165, 1.54) is 69.8 Å². The number of carbonyl (C=O) groups excluding carboxylic acids is 1. The molecular weight excluding hydrogens is 440 g/mol. The molecule has 1 N–H and O–H groups in total. The number of hydrogen-bond donors (Lipinski definition) is 1. The molecule has 6 nitrogen and oxygen atoms in total. The van der Waals surface area contributed by atoms with Crippen LogP contribution in [0.15, 0.2) is 29.4 Å². The van der Waals surface area contributed by atoms with Crippen LogP contribution in [-0.4, -0.2) is 44.6 Å². The highest BCUT2D eigenvalue weighted by atomic mass is 16.6. The first-order valence-corrected chi connectivity index (χ1v) is 14.0. The predicted molar refractivity (Wildman–Crippen MR) is 139 cm³/mol. The molecule has 4 saturated carbocycles. The van der Waals surface area contributed by atoms with Crippen molar-refractivity contribution in [3.05, 3.63) is 29.8 Å². The number of carbonyl (C=O) groups is 1. The highest BCUT2D eigenvalue weighted by Crippen LogP contribution is 2.42. The van der Waals surface area contributed by atoms with Crippen molar-refractivity contribution in [1.29, 1.82) is 0 Å². The van der Waals surface area contributed by atoms with E-state index in [4.69, 9.17) is 14.3 Å². The van der Waals surface area contributed by atoms with Gasteiger partial charge in [-0.15, -0.1) is 0 Å². The average molecular weight is 485 g/mol. The second kappa shape index (κ2) is 14.5. The van der Waals surface area contributed by atoms with Crippen molar-refractivity contribution in [3.8, 4) is 5.75 Å². The van der Waals surface area contributed by atoms with E-state index in [9.17, 15) is 4.79 Å². The molecule has 6 heteroatoms. The summed E-state index contributed by atoms with van der Waals surface area (Å²) in [6.07, 6.45) is 18.1. The molecule has 35 heavy (non-hydrogen) atoms. The molecule has 2 bridgehead atoms. The molecule has 0 saturated heterocycles. The fraction of sp³-hybridized carbons (Fsp3) is 0.724. The van der Waals surface area contributed by atoms with E-state index in [2.05, 4.69) is 10.5 Å². The molecule has 0 spiro atoms. The number of ether oxygens (including phenoxy) is 2. The van der Waals surface area contributed by atoms with Gasteiger partial charge in [0.25, 0.3) is 5.91 Å². The molecule has 0 heterocycles. The summed E-state index contributed by atoms with van der Waals surface area (Å²) in [6.45, 7) is 2.24. The highest BCUT2D eigenvalue weighted by molar-refractivity contribution is 5.77. The molecule has 4 aliphatic carbocycles. The third kappa shape index (κ3) is 9.14. The molecule has 4 aliphatic rings. The number of fused-ring (bicyclic) bond motifs is 3. The summed E-state index contributed by atoms with van der Waals surface area (Å²) >= 11 is 0. The summed E-state index contributed by atoms with van der Waals surface area (Å²) in [6, 6.07) is 7.93. The lowest BCUT2D eigenvalue weighted by atomic mass is 9.69. The number of aryl methyl sites for hydroxylation is 1. The zero-order valence-electron chi connectivity index (χ0n) is 21.3. The van der Waals surface area contributed by atoms with Gasteiger partial charge < -0.3 is 19.6 Å². The minimum Gasteiger partial charge on any atom is -0.484 e. The number of hydrogen-bond acceptors (Lipinski definition) is 5. The van der Waals surface area contributed by atoms with Gasteiger partial charge in [-0.2, -0.15) is 0 Å². The maximum absolute atomic E-state index is 12.0. The lowest BCUT2D eigenvalue weighted by Gasteiger charge is -2.42. The van der Waals surface area contributed by atoms with Crippen molar-refractivity contribution in [2.45, 2.75) is 89.6 Å². The molecule has 0 aliphatic heterocycles. The van der Waals surface area contributed by atoms with Crippen LogP contribution in [0.5, 0.6) is 5.75 Å². The van der Waals surface area contributed by atoms with E-state index in [0.717, 1.165) is 50.0 Å². The molecule has 1 amide bonds. The highest BCUT2D eigenvalue weighted by Gasteiger charge is 2.35. The zero-order chi connectivity index (χ0) is 24.1. The molecule has 1 aromatic rings. The normalized spacial score (nSPS) is 24.5. The standard InChI is InChI=1S/C29H44N2O4/c32-29(30-21-25-6-2-1-3-7-25)22-34-27-15-11-23(12-16-27)8-4-17-31-35-19-5-18-33-28-20-24-9-13-26(28)14-10-24/h11-12,15-17,24-26,28H,1-10,13-14,18-22H2,(H,30,32). The second-order valence-electron chi connectivity index (χ2n) is 10.7. The number of amides is 1. The first-order valence-electron chi connectivity index (χ1n) is 14.0. The lowest BCUT2D eigenvalue weighted by molar-refractivity contribution is -0.123. The monoisotopic (exact) mass is 484 g/mol. The third-order valence-electron chi connectivity index (χ3n) is 8.01. The van der Waals surface area contributed by atoms with Gasteiger partial charge in [0, 0.05) is 19.2 Å². The Bertz CT molecular complexity index is 767. The van der Waals surface area contributed by atoms with Gasteiger partial charge >= 0.3 is 0 Å². The van der Waals surface area contributed by atoms with Gasteiger partial charge in [-0.3, -0.25) is 4.79 Å². The number of rotatable bonds is 14. The maximum atomic E-state index is 12.0. The van der Waals surface area contributed by atoms with Crippen molar-refractivity contribution in [2.75, 3.05) is 26.4 Å². The molecule has 1 aromatic carbocycles. The molecule has 194 valence electrons. The van der Waals surface area contributed by atoms with Crippen LogP contribution in [-0.2, 0) is 20.8 Å². The summed E-state index contributed by atoms with van der Waals surface area (Å²) < 4.78 is 11.8. The van der Waals surface area contributed by atoms with Gasteiger partial charge in [0.1, 0.15) is 12.4 Å². The Morgan fingerprint density at radius 3 is 2.54 bits per heavy atom. The third-order valence-corrected chi connectivity index (χ3v) is 8.01. The van der Waals surface area contributed by atoms with Crippen LogP contribution < -0.4 is 10.1 Å². The summed E-state index contributed by atoms with van der Waals surface area (Å²) in [7, 11) is 0. The van der Waals surface area contributed by atoms with Crippen LogP contribution in [0.1, 0.15) is 82.6 Å². The van der Waals surface area contributed by atoms with E-state index in [-0.39, 0.29) is 12.5 Å². The SMILES string of the molecule is O=C(COc1ccc(CCC=NOCCCOC2CC3CCC2CC3)cc1)NCC1CCCCC1. The largest absolute Gasteiger partial charge is 0.484 e. The average Bonchev–Trinajstić information content (AvgIpc) is 2.91. The molecule has 1 unspecified atom stereocenters. The van der Waals surface area contributed by atoms with E-state index in [1.54, 1.807) is 0 Å². The minimum atomic E-state index is -0.0385. The number of nitrogens with zero attached hydrogens (tertiary/aromatic N) is 1. The molecule has 0 aromatic heterocycles. The van der Waals surface area contributed by atoms with Crippen LogP contribution in [0.3, 0.4) is 0 Å². The Kier molecular flexibility index (Phi) is 10.7. The van der Waals surface area contributed by atoms with Crippen LogP contribution in [0.4, 0.5) is 0 Å². The van der Waals surface area contributed by atoms with Gasteiger partial charge in [-0.1, -0.05) is 36.6 Å². The summed E-state index contributed by atoms with van der Waals surface area (Å²) in [5, 5.41) is 7.09. The van der Waals surface area contributed by atoms with Crippen molar-refractivity contribution in [3.63, 3.8) is 0 Å². The van der Waals surface area contributed by atoms with Gasteiger partial charge in [0.05, 0.1) is 12.7 Å². The van der Waals surface area contributed by atoms with Crippen molar-refractivity contribution in [1.82, 2.24) is 5.32 Å². The van der Waals surface area contributed by atoms with E-state index in [0.29, 0.717) is 18.6 Å². The summed E-state index contributed by atoms with van der Waals surface area (Å²) in [4.78, 5) is 17.4. The molecule has 5 rings (SSSR count). The van der Waals surface area contributed by atoms with Crippen LogP contribution in [0, 0.1) is 17.8 Å². The van der Waals surface area contributed by atoms with Crippen LogP contribution in [0.25, 0.3) is 0 Å². The smallest absolute Gasteiger partial charge is 0.257 e. The van der Waals surface area contributed by atoms with Gasteiger partial charge in [0.2, 0.25) is 0 Å². The fourth-order valence-corrected chi connectivity index (χ4v) is 5.87. The number of oxime groups is 1. The molecule has 0 radical (unpaired) electrons. The number of nitrogens with one attached hydrogen (secondary N) is 1. The van der Waals surface area contributed by atoms with Crippen LogP contribution >= 0.6 is 0 Å². The molecular formula is C29H44N2O4. The van der Waals surface area contributed by atoms with Gasteiger partial charge in [-0.05, 0) is 93.2 Å². The van der Waals surface area contributed by atoms with Crippen molar-refractivity contribution in [2.24, 2.45) is 22.9 Å². The Morgan fingerprint density at radius 2 is 1.80 bits per heavy atom. The Labute approximate surface area is 211 Å². The fourth-order valence-electron chi connectivity index (χ4n) is 5.87. The second-order valence-corrected chi connectivity index (χ2v) is 10.7. The maximum Gasteiger partial charge on any atom is 0.257 e. The quantitative estimate of drug-likeness (QED) is 0.209. The summed E-state index contributed by atoms with van der Waals surface area (Å²) in [5.41, 5.74) is 1.21. The van der Waals surface area contributed by atoms with E-state index in [1.807, 2.05) is 30.5 Å². The van der Waals surface area contributed by atoms with E-state index >= 15 is 0 Å². The minimum absolute atomic E-state index is 0.0385. The predicted octanol–water partition coefficient (Wildman–Crippen LogP) is 5.68. The topological polar surface area (TPSA) is 69.2 Å². The Balaban J connectivity index is 0.996. The van der Waals surface area contributed by atoms with Gasteiger partial charge in [0.15, 0.2) is 6.61 Å². The Hall–Kier alpha value is -2.08. The Morgan fingerprint density at radius 1 is 1.00 bits per heavy atom. The molecule has 4 fully saturated rings. The first kappa shape index (κ1) is 26.0. The summed E-state index contributed by atoms with van der Waals surface area (Å²) in [5.74, 6) is 3.04. The van der Waals surface area contributed by atoms with Crippen molar-refractivity contribution < 1.29 is 19.1 Å². The number of benzene rings is 1. The first-order chi connectivity index (χ1) is 17.3. The zero-order valence-corrected chi connectivity index (χ0v) is 21.3. The van der Waals surface area contributed by atoms with E-state index < -0.39 is 0 Å². The van der Waals surface area contributed by atoms with Gasteiger partial charge in [-0.25, -0.2) is 0 Å².